The lowest BCUT2D eigenvalue weighted by Gasteiger charge is -2.34. The van der Waals surface area contributed by atoms with Crippen molar-refractivity contribution in [3.05, 3.63) is 18.1 Å². The Morgan fingerprint density at radius 1 is 1.35 bits per heavy atom. The topological polar surface area (TPSA) is 89.4 Å². The van der Waals surface area contributed by atoms with Gasteiger partial charge in [0.1, 0.15) is 6.33 Å². The highest BCUT2D eigenvalue weighted by atomic mass is 16.1. The minimum absolute atomic E-state index is 0.207. The van der Waals surface area contributed by atoms with Crippen molar-refractivity contribution in [3.8, 4) is 0 Å². The fraction of sp³-hybridized carbons (Fsp3) is 0.625. The van der Waals surface area contributed by atoms with E-state index in [1.165, 1.54) is 12.8 Å². The highest BCUT2D eigenvalue weighted by Gasteiger charge is 2.29. The van der Waals surface area contributed by atoms with Crippen molar-refractivity contribution < 1.29 is 4.79 Å². The van der Waals surface area contributed by atoms with Crippen LogP contribution in [0.15, 0.2) is 12.4 Å². The fourth-order valence-corrected chi connectivity index (χ4v) is 3.51. The van der Waals surface area contributed by atoms with Gasteiger partial charge in [0.25, 0.3) is 0 Å². The number of hydrogen-bond acceptors (Lipinski definition) is 5. The largest absolute Gasteiger partial charge is 0.370 e. The van der Waals surface area contributed by atoms with Crippen LogP contribution in [0.5, 0.6) is 0 Å². The second-order valence-corrected chi connectivity index (χ2v) is 6.79. The van der Waals surface area contributed by atoms with E-state index in [0.29, 0.717) is 18.3 Å². The molecule has 7 nitrogen and oxygen atoms in total. The number of aromatic nitrogens is 4. The summed E-state index contributed by atoms with van der Waals surface area (Å²) in [6, 6.07) is 2.19. The van der Waals surface area contributed by atoms with Gasteiger partial charge in [0.2, 0.25) is 11.6 Å². The summed E-state index contributed by atoms with van der Waals surface area (Å²) >= 11 is 0. The number of nitrogens with two attached hydrogens (primary N) is 1. The molecule has 1 aliphatic heterocycles. The number of rotatable bonds is 5. The van der Waals surface area contributed by atoms with Gasteiger partial charge in [-0.05, 0) is 44.1 Å². The number of fused-ring (bicyclic) bond motifs is 1. The molecule has 1 amide bonds. The maximum Gasteiger partial charge on any atom is 0.217 e. The Balaban J connectivity index is 1.59. The zero-order valence-corrected chi connectivity index (χ0v) is 13.2. The summed E-state index contributed by atoms with van der Waals surface area (Å²) in [4.78, 5) is 13.4. The predicted molar refractivity (Wildman–Crippen MR) is 86.1 cm³/mol. The quantitative estimate of drug-likeness (QED) is 0.903. The van der Waals surface area contributed by atoms with Gasteiger partial charge < -0.3 is 10.6 Å². The van der Waals surface area contributed by atoms with E-state index in [4.69, 9.17) is 5.73 Å². The molecule has 0 spiro atoms. The summed E-state index contributed by atoms with van der Waals surface area (Å²) in [6.45, 7) is 1.97. The summed E-state index contributed by atoms with van der Waals surface area (Å²) in [7, 11) is 0. The van der Waals surface area contributed by atoms with Crippen LogP contribution in [0, 0.1) is 5.92 Å². The molecule has 1 atom stereocenters. The van der Waals surface area contributed by atoms with Crippen LogP contribution >= 0.6 is 0 Å². The van der Waals surface area contributed by atoms with Gasteiger partial charge in [0.05, 0.1) is 11.4 Å². The summed E-state index contributed by atoms with van der Waals surface area (Å²) in [5.41, 5.74) is 8.39. The molecule has 2 N–H and O–H groups in total. The van der Waals surface area contributed by atoms with Crippen LogP contribution < -0.4 is 10.6 Å². The van der Waals surface area contributed by atoms with Crippen molar-refractivity contribution >= 4 is 17.2 Å². The van der Waals surface area contributed by atoms with E-state index in [1.54, 1.807) is 10.8 Å². The van der Waals surface area contributed by atoms with Crippen molar-refractivity contribution in [1.82, 2.24) is 19.8 Å². The zero-order chi connectivity index (χ0) is 15.8. The fourth-order valence-electron chi connectivity index (χ4n) is 3.51. The molecule has 1 saturated carbocycles. The van der Waals surface area contributed by atoms with Crippen molar-refractivity contribution in [2.24, 2.45) is 11.7 Å². The first-order valence-electron chi connectivity index (χ1n) is 8.45. The number of amides is 1. The van der Waals surface area contributed by atoms with Crippen LogP contribution in [0.4, 0.5) is 5.69 Å². The molecule has 1 aliphatic carbocycles. The van der Waals surface area contributed by atoms with Crippen LogP contribution in [-0.2, 0) is 4.79 Å². The molecule has 0 radical (unpaired) electrons. The molecular formula is C16H22N6O. The molecule has 2 aromatic rings. The number of carbonyl (C=O) groups is 1. The van der Waals surface area contributed by atoms with Crippen LogP contribution in [0.1, 0.15) is 50.1 Å². The van der Waals surface area contributed by atoms with Crippen LogP contribution in [0.3, 0.4) is 0 Å². The number of hydrogen-bond donors (Lipinski definition) is 1. The van der Waals surface area contributed by atoms with E-state index >= 15 is 0 Å². The minimum atomic E-state index is -0.207. The van der Waals surface area contributed by atoms with Crippen molar-refractivity contribution in [2.75, 3.05) is 18.0 Å². The van der Waals surface area contributed by atoms with E-state index < -0.39 is 0 Å². The second-order valence-electron chi connectivity index (χ2n) is 6.79. The molecule has 2 fully saturated rings. The van der Waals surface area contributed by atoms with Gasteiger partial charge in [-0.15, -0.1) is 10.2 Å². The third-order valence-electron chi connectivity index (χ3n) is 4.92. The molecule has 0 aromatic carbocycles. The van der Waals surface area contributed by atoms with Crippen LogP contribution in [-0.4, -0.2) is 38.8 Å². The third kappa shape index (κ3) is 3.00. The number of primary amides is 1. The van der Waals surface area contributed by atoms with Crippen LogP contribution in [0.2, 0.25) is 0 Å². The standard InChI is InChI=1S/C16H22N6O/c17-15(23)6-3-11-2-1-7-21(9-11)14-8-13(12-4-5-12)20-22-10-18-19-16(14)22/h8,10-12H,1-7,9H2,(H2,17,23). The average molecular weight is 314 g/mol. The van der Waals surface area contributed by atoms with E-state index in [9.17, 15) is 4.79 Å². The van der Waals surface area contributed by atoms with Gasteiger partial charge in [-0.25, -0.2) is 0 Å². The lowest BCUT2D eigenvalue weighted by Crippen LogP contribution is -2.36. The molecule has 4 rings (SSSR count). The molecule has 3 heterocycles. The van der Waals surface area contributed by atoms with Crippen molar-refractivity contribution in [3.63, 3.8) is 0 Å². The molecule has 1 unspecified atom stereocenters. The second kappa shape index (κ2) is 5.79. The predicted octanol–water partition coefficient (Wildman–Crippen LogP) is 1.48. The molecular weight excluding hydrogens is 292 g/mol. The van der Waals surface area contributed by atoms with Gasteiger partial charge in [-0.2, -0.15) is 9.61 Å². The monoisotopic (exact) mass is 314 g/mol. The van der Waals surface area contributed by atoms with E-state index in [1.807, 2.05) is 0 Å². The molecule has 122 valence electrons. The first-order valence-corrected chi connectivity index (χ1v) is 8.45. The molecule has 2 aliphatic rings. The van der Waals surface area contributed by atoms with E-state index in [2.05, 4.69) is 26.3 Å². The van der Waals surface area contributed by atoms with Gasteiger partial charge in [-0.1, -0.05) is 0 Å². The Kier molecular flexibility index (Phi) is 3.63. The molecule has 23 heavy (non-hydrogen) atoms. The number of carbonyl (C=O) groups excluding carboxylic acids is 1. The third-order valence-corrected chi connectivity index (χ3v) is 4.92. The number of nitrogens with zero attached hydrogens (tertiary/aromatic N) is 5. The summed E-state index contributed by atoms with van der Waals surface area (Å²) in [5.74, 6) is 0.898. The Morgan fingerprint density at radius 3 is 3.00 bits per heavy atom. The Hall–Kier alpha value is -2.18. The highest BCUT2D eigenvalue weighted by Crippen LogP contribution is 2.40. The van der Waals surface area contributed by atoms with Crippen LogP contribution in [0.25, 0.3) is 5.65 Å². The Labute approximate surface area is 134 Å². The highest BCUT2D eigenvalue weighted by molar-refractivity contribution is 5.73. The number of anilines is 1. The SMILES string of the molecule is NC(=O)CCC1CCCN(c2cc(C3CC3)nn3cnnc23)C1. The summed E-state index contributed by atoms with van der Waals surface area (Å²) in [6.07, 6.45) is 7.76. The van der Waals surface area contributed by atoms with E-state index in [0.717, 1.165) is 49.4 Å². The first kappa shape index (κ1) is 14.4. The lowest BCUT2D eigenvalue weighted by atomic mass is 9.93. The molecule has 7 heteroatoms. The molecule has 2 aromatic heterocycles. The van der Waals surface area contributed by atoms with E-state index in [-0.39, 0.29) is 5.91 Å². The Bertz CT molecular complexity index is 722. The van der Waals surface area contributed by atoms with Gasteiger partial charge in [-0.3, -0.25) is 4.79 Å². The summed E-state index contributed by atoms with van der Waals surface area (Å²) in [5, 5.41) is 12.9. The van der Waals surface area contributed by atoms with Gasteiger partial charge >= 0.3 is 0 Å². The first-order chi connectivity index (χ1) is 11.2. The maximum atomic E-state index is 11.0. The maximum absolute atomic E-state index is 11.0. The molecule has 1 saturated heterocycles. The zero-order valence-electron chi connectivity index (χ0n) is 13.2. The minimum Gasteiger partial charge on any atom is -0.370 e. The van der Waals surface area contributed by atoms with Crippen molar-refractivity contribution in [2.45, 2.75) is 44.4 Å². The van der Waals surface area contributed by atoms with Gasteiger partial charge in [0.15, 0.2) is 0 Å². The summed E-state index contributed by atoms with van der Waals surface area (Å²) < 4.78 is 1.80. The van der Waals surface area contributed by atoms with Gasteiger partial charge in [0, 0.05) is 25.4 Å². The number of piperidine rings is 1. The lowest BCUT2D eigenvalue weighted by molar-refractivity contribution is -0.118. The average Bonchev–Trinajstić information content (AvgIpc) is 3.30. The molecule has 0 bridgehead atoms. The Morgan fingerprint density at radius 2 is 2.22 bits per heavy atom. The van der Waals surface area contributed by atoms with Crippen molar-refractivity contribution in [1.29, 1.82) is 0 Å². The smallest absolute Gasteiger partial charge is 0.217 e. The normalized spacial score (nSPS) is 21.7.